The molecule has 0 spiro atoms. The van der Waals surface area contributed by atoms with Crippen LogP contribution < -0.4 is 5.73 Å². The summed E-state index contributed by atoms with van der Waals surface area (Å²) in [6, 6.07) is 0. The Bertz CT molecular complexity index is 400. The van der Waals surface area contributed by atoms with Crippen molar-refractivity contribution in [2.24, 2.45) is 0 Å². The van der Waals surface area contributed by atoms with Crippen LogP contribution in [0, 0.1) is 6.92 Å². The number of aryl methyl sites for hydroxylation is 1. The second kappa shape index (κ2) is 5.86. The zero-order chi connectivity index (χ0) is 13.0. The van der Waals surface area contributed by atoms with Crippen molar-refractivity contribution >= 4 is 23.5 Å². The lowest BCUT2D eigenvalue weighted by atomic mass is 10.2. The quantitative estimate of drug-likeness (QED) is 0.837. The van der Waals surface area contributed by atoms with Gasteiger partial charge in [0.25, 0.3) is 0 Å². The number of nitrogens with zero attached hydrogens (tertiary/aromatic N) is 2. The van der Waals surface area contributed by atoms with E-state index < -0.39 is 5.97 Å². The molecule has 0 aliphatic rings. The molecule has 0 amide bonds. The second-order valence-corrected chi connectivity index (χ2v) is 5.25. The number of hydrogen-bond donors (Lipinski definition) is 2. The van der Waals surface area contributed by atoms with E-state index in [1.165, 1.54) is 0 Å². The maximum Gasteiger partial charge on any atom is 0.341 e. The number of carbonyl (C=O) groups is 1. The van der Waals surface area contributed by atoms with Crippen molar-refractivity contribution in [1.82, 2.24) is 9.97 Å². The number of rotatable bonds is 5. The summed E-state index contributed by atoms with van der Waals surface area (Å²) in [6.45, 7) is 5.89. The van der Waals surface area contributed by atoms with E-state index in [1.807, 2.05) is 0 Å². The molecular formula is C11H17N3O2S. The Morgan fingerprint density at radius 1 is 1.53 bits per heavy atom. The molecule has 0 fully saturated rings. The average Bonchev–Trinajstić information content (AvgIpc) is 2.24. The molecular weight excluding hydrogens is 238 g/mol. The van der Waals surface area contributed by atoms with Crippen molar-refractivity contribution in [2.75, 3.05) is 5.73 Å². The van der Waals surface area contributed by atoms with Crippen LogP contribution >= 0.6 is 11.8 Å². The molecule has 0 saturated heterocycles. The molecule has 6 heteroatoms. The van der Waals surface area contributed by atoms with Gasteiger partial charge in [0.1, 0.15) is 17.2 Å². The van der Waals surface area contributed by atoms with Gasteiger partial charge in [-0.2, -0.15) is 11.8 Å². The van der Waals surface area contributed by atoms with Crippen molar-refractivity contribution in [3.63, 3.8) is 0 Å². The lowest BCUT2D eigenvalue weighted by Gasteiger charge is -2.09. The highest BCUT2D eigenvalue weighted by Crippen LogP contribution is 2.20. The average molecular weight is 255 g/mol. The van der Waals surface area contributed by atoms with Gasteiger partial charge in [0.2, 0.25) is 0 Å². The second-order valence-electron chi connectivity index (χ2n) is 3.82. The van der Waals surface area contributed by atoms with Gasteiger partial charge in [-0.05, 0) is 13.3 Å². The normalized spacial score (nSPS) is 12.4. The maximum atomic E-state index is 10.9. The van der Waals surface area contributed by atoms with Crippen LogP contribution in [0.15, 0.2) is 0 Å². The number of nitrogen functional groups attached to an aromatic ring is 1. The minimum absolute atomic E-state index is 0.00212. The molecule has 0 bridgehead atoms. The summed E-state index contributed by atoms with van der Waals surface area (Å²) < 4.78 is 0. The maximum absolute atomic E-state index is 10.9. The Hall–Kier alpha value is -1.30. The van der Waals surface area contributed by atoms with E-state index in [0.717, 1.165) is 6.42 Å². The molecule has 0 aliphatic heterocycles. The minimum atomic E-state index is -1.08. The van der Waals surface area contributed by atoms with Crippen LogP contribution in [0.1, 0.15) is 42.1 Å². The van der Waals surface area contributed by atoms with Crippen molar-refractivity contribution in [2.45, 2.75) is 38.2 Å². The first kappa shape index (κ1) is 13.8. The van der Waals surface area contributed by atoms with Crippen LogP contribution in [0.25, 0.3) is 0 Å². The smallest absolute Gasteiger partial charge is 0.341 e. The summed E-state index contributed by atoms with van der Waals surface area (Å²) in [5.74, 6) is 0.209. The topological polar surface area (TPSA) is 89.1 Å². The summed E-state index contributed by atoms with van der Waals surface area (Å²) in [5.41, 5.74) is 6.04. The SMILES string of the molecule is CCC(C)SCc1nc(C)c(C(=O)O)c(N)n1. The minimum Gasteiger partial charge on any atom is -0.477 e. The highest BCUT2D eigenvalue weighted by atomic mass is 32.2. The van der Waals surface area contributed by atoms with Crippen LogP contribution in [0.5, 0.6) is 0 Å². The van der Waals surface area contributed by atoms with Crippen LogP contribution in [0.3, 0.4) is 0 Å². The molecule has 1 aromatic heterocycles. The lowest BCUT2D eigenvalue weighted by Crippen LogP contribution is -2.11. The number of anilines is 1. The standard InChI is InChI=1S/C11H17N3O2S/c1-4-6(2)17-5-8-13-7(3)9(11(15)16)10(12)14-8/h6H,4-5H2,1-3H3,(H,15,16)(H2,12,13,14). The Morgan fingerprint density at radius 3 is 2.65 bits per heavy atom. The van der Waals surface area contributed by atoms with E-state index in [2.05, 4.69) is 23.8 Å². The first-order valence-electron chi connectivity index (χ1n) is 5.43. The van der Waals surface area contributed by atoms with Crippen molar-refractivity contribution < 1.29 is 9.90 Å². The number of aromatic carboxylic acids is 1. The number of carboxylic acid groups (broad SMARTS) is 1. The highest BCUT2D eigenvalue weighted by Gasteiger charge is 2.15. The van der Waals surface area contributed by atoms with Crippen LogP contribution in [-0.4, -0.2) is 26.3 Å². The Labute approximate surface area is 105 Å². The van der Waals surface area contributed by atoms with Gasteiger partial charge in [-0.1, -0.05) is 13.8 Å². The first-order chi connectivity index (χ1) is 7.95. The van der Waals surface area contributed by atoms with Crippen LogP contribution in [-0.2, 0) is 5.75 Å². The van der Waals surface area contributed by atoms with E-state index in [4.69, 9.17) is 10.8 Å². The van der Waals surface area contributed by atoms with Gasteiger partial charge in [-0.3, -0.25) is 0 Å². The summed E-state index contributed by atoms with van der Waals surface area (Å²) in [6.07, 6.45) is 1.08. The molecule has 17 heavy (non-hydrogen) atoms. The van der Waals surface area contributed by atoms with Gasteiger partial charge in [-0.25, -0.2) is 14.8 Å². The van der Waals surface area contributed by atoms with Gasteiger partial charge in [-0.15, -0.1) is 0 Å². The molecule has 1 atom stereocenters. The third-order valence-corrected chi connectivity index (χ3v) is 3.78. The van der Waals surface area contributed by atoms with Crippen molar-refractivity contribution in [3.8, 4) is 0 Å². The van der Waals surface area contributed by atoms with Gasteiger partial charge in [0, 0.05) is 5.25 Å². The Balaban J connectivity index is 2.87. The van der Waals surface area contributed by atoms with Crippen LogP contribution in [0.4, 0.5) is 5.82 Å². The van der Waals surface area contributed by atoms with Crippen molar-refractivity contribution in [3.05, 3.63) is 17.1 Å². The Kier molecular flexibility index (Phi) is 4.74. The predicted octanol–water partition coefficient (Wildman–Crippen LogP) is 2.10. The van der Waals surface area contributed by atoms with Gasteiger partial charge < -0.3 is 10.8 Å². The number of thioether (sulfide) groups is 1. The summed E-state index contributed by atoms with van der Waals surface area (Å²) in [7, 11) is 0. The number of carboxylic acids is 1. The van der Waals surface area contributed by atoms with E-state index >= 15 is 0 Å². The highest BCUT2D eigenvalue weighted by molar-refractivity contribution is 7.99. The van der Waals surface area contributed by atoms with Crippen LogP contribution in [0.2, 0.25) is 0 Å². The summed E-state index contributed by atoms with van der Waals surface area (Å²) >= 11 is 1.73. The summed E-state index contributed by atoms with van der Waals surface area (Å²) in [5, 5.41) is 9.46. The monoisotopic (exact) mass is 255 g/mol. The Morgan fingerprint density at radius 2 is 2.18 bits per heavy atom. The van der Waals surface area contributed by atoms with E-state index in [0.29, 0.717) is 22.5 Å². The fraction of sp³-hybridized carbons (Fsp3) is 0.545. The molecule has 0 aliphatic carbocycles. The van der Waals surface area contributed by atoms with Crippen molar-refractivity contribution in [1.29, 1.82) is 0 Å². The zero-order valence-corrected chi connectivity index (χ0v) is 11.0. The van der Waals surface area contributed by atoms with Gasteiger partial charge >= 0.3 is 5.97 Å². The molecule has 1 heterocycles. The summed E-state index contributed by atoms with van der Waals surface area (Å²) in [4.78, 5) is 19.1. The fourth-order valence-electron chi connectivity index (χ4n) is 1.32. The zero-order valence-electron chi connectivity index (χ0n) is 10.2. The lowest BCUT2D eigenvalue weighted by molar-refractivity contribution is 0.0696. The molecule has 1 rings (SSSR count). The molecule has 3 N–H and O–H groups in total. The fourth-order valence-corrected chi connectivity index (χ4v) is 2.12. The largest absolute Gasteiger partial charge is 0.477 e. The predicted molar refractivity (Wildman–Crippen MR) is 69.2 cm³/mol. The van der Waals surface area contributed by atoms with E-state index in [-0.39, 0.29) is 11.4 Å². The molecule has 1 unspecified atom stereocenters. The first-order valence-corrected chi connectivity index (χ1v) is 6.48. The molecule has 0 radical (unpaired) electrons. The third kappa shape index (κ3) is 3.59. The number of aromatic nitrogens is 2. The molecule has 0 saturated carbocycles. The van der Waals surface area contributed by atoms with Gasteiger partial charge in [0.05, 0.1) is 11.4 Å². The van der Waals surface area contributed by atoms with Gasteiger partial charge in [0.15, 0.2) is 0 Å². The molecule has 0 aromatic carbocycles. The number of hydrogen-bond acceptors (Lipinski definition) is 5. The molecule has 94 valence electrons. The van der Waals surface area contributed by atoms with E-state index in [9.17, 15) is 4.79 Å². The molecule has 1 aromatic rings. The third-order valence-electron chi connectivity index (χ3n) is 2.45. The van der Waals surface area contributed by atoms with E-state index in [1.54, 1.807) is 18.7 Å². The number of nitrogens with two attached hydrogens (primary N) is 1. The molecule has 5 nitrogen and oxygen atoms in total.